The number of alkyl halides is 3. The summed E-state index contributed by atoms with van der Waals surface area (Å²) < 4.78 is 59.9. The number of hydrogen-bond donors (Lipinski definition) is 1. The predicted molar refractivity (Wildman–Crippen MR) is 139 cm³/mol. The molecule has 0 unspecified atom stereocenters. The van der Waals surface area contributed by atoms with Crippen LogP contribution in [0.2, 0.25) is 0 Å². The molecule has 2 fully saturated rings. The zero-order valence-corrected chi connectivity index (χ0v) is 22.3. The second-order valence-corrected chi connectivity index (χ2v) is 11.2. The summed E-state index contributed by atoms with van der Waals surface area (Å²) in [7, 11) is 0. The summed E-state index contributed by atoms with van der Waals surface area (Å²) in [6, 6.07) is 4.89. The number of piperidine rings is 1. The summed E-state index contributed by atoms with van der Waals surface area (Å²) >= 11 is 0. The van der Waals surface area contributed by atoms with Gasteiger partial charge in [0.05, 0.1) is 11.0 Å². The van der Waals surface area contributed by atoms with Crippen LogP contribution in [0.3, 0.4) is 0 Å². The number of nitrogens with one attached hydrogen (secondary N) is 1. The molecule has 0 bridgehead atoms. The molecule has 0 atom stereocenters. The van der Waals surface area contributed by atoms with Gasteiger partial charge in [0.1, 0.15) is 11.9 Å². The number of carbonyl (C=O) groups excluding carboxylic acids is 1. The van der Waals surface area contributed by atoms with Crippen LogP contribution in [-0.2, 0) is 17.5 Å². The predicted octanol–water partition coefficient (Wildman–Crippen LogP) is 5.87. The van der Waals surface area contributed by atoms with E-state index in [1.54, 1.807) is 9.80 Å². The Morgan fingerprint density at radius 3 is 2.36 bits per heavy atom. The molecular formula is C28H33F4N5O2. The standard InChI is InChI=1S/C28H33F4N5O2/c1-5-27(12-14-36(15-13-27)25(38)39-26(2,3)4)17-33-23-22(29)24(35-18-34-23)37(21-10-11-21)16-19-6-8-20(9-7-19)28(30,31)32/h1,6-9,18,21H,10-17H2,2-4H3,(H,33,34,35). The minimum Gasteiger partial charge on any atom is -0.444 e. The van der Waals surface area contributed by atoms with E-state index in [1.807, 2.05) is 20.8 Å². The normalized spacial score (nSPS) is 17.3. The summed E-state index contributed by atoms with van der Waals surface area (Å²) in [6.45, 7) is 6.73. The molecule has 210 valence electrons. The van der Waals surface area contributed by atoms with E-state index in [-0.39, 0.29) is 36.9 Å². The molecule has 11 heteroatoms. The van der Waals surface area contributed by atoms with E-state index in [1.165, 1.54) is 18.5 Å². The fourth-order valence-electron chi connectivity index (χ4n) is 4.51. The van der Waals surface area contributed by atoms with Crippen molar-refractivity contribution in [2.45, 2.75) is 70.8 Å². The molecule has 2 aromatic rings. The van der Waals surface area contributed by atoms with Crippen molar-refractivity contribution >= 4 is 17.7 Å². The lowest BCUT2D eigenvalue weighted by atomic mass is 9.79. The van der Waals surface area contributed by atoms with E-state index >= 15 is 4.39 Å². The Morgan fingerprint density at radius 1 is 1.18 bits per heavy atom. The van der Waals surface area contributed by atoms with Crippen LogP contribution < -0.4 is 10.2 Å². The van der Waals surface area contributed by atoms with Gasteiger partial charge in [-0.25, -0.2) is 14.8 Å². The van der Waals surface area contributed by atoms with Gasteiger partial charge >= 0.3 is 12.3 Å². The molecule has 0 spiro atoms. The van der Waals surface area contributed by atoms with Gasteiger partial charge in [0.15, 0.2) is 11.6 Å². The van der Waals surface area contributed by atoms with Gasteiger partial charge < -0.3 is 19.9 Å². The molecule has 1 saturated heterocycles. The van der Waals surface area contributed by atoms with Crippen LogP contribution in [0.4, 0.5) is 34.0 Å². The lowest BCUT2D eigenvalue weighted by Crippen LogP contribution is -2.46. The molecule has 1 saturated carbocycles. The maximum atomic E-state index is 15.6. The van der Waals surface area contributed by atoms with Crippen LogP contribution in [0, 0.1) is 23.6 Å². The number of halogens is 4. The first-order valence-electron chi connectivity index (χ1n) is 12.9. The molecule has 1 amide bonds. The number of terminal acetylenes is 1. The number of anilines is 2. The van der Waals surface area contributed by atoms with Crippen molar-refractivity contribution in [1.29, 1.82) is 0 Å². The maximum absolute atomic E-state index is 15.6. The van der Waals surface area contributed by atoms with Crippen molar-refractivity contribution in [2.24, 2.45) is 5.41 Å². The Bertz CT molecular complexity index is 1210. The first kappa shape index (κ1) is 28.5. The van der Waals surface area contributed by atoms with E-state index in [0.29, 0.717) is 31.5 Å². The topological polar surface area (TPSA) is 70.6 Å². The molecule has 2 heterocycles. The highest BCUT2D eigenvalue weighted by Gasteiger charge is 2.37. The van der Waals surface area contributed by atoms with Crippen LogP contribution in [-0.4, -0.2) is 52.2 Å². The fraction of sp³-hybridized carbons (Fsp3) is 0.536. The lowest BCUT2D eigenvalue weighted by Gasteiger charge is -2.39. The number of benzene rings is 1. The van der Waals surface area contributed by atoms with Gasteiger partial charge in [-0.15, -0.1) is 6.42 Å². The van der Waals surface area contributed by atoms with Crippen molar-refractivity contribution in [3.8, 4) is 12.3 Å². The molecule has 1 N–H and O–H groups in total. The van der Waals surface area contributed by atoms with Gasteiger partial charge in [0.2, 0.25) is 5.82 Å². The van der Waals surface area contributed by atoms with Crippen LogP contribution in [0.1, 0.15) is 57.6 Å². The van der Waals surface area contributed by atoms with Crippen molar-refractivity contribution in [3.63, 3.8) is 0 Å². The number of aromatic nitrogens is 2. The molecular weight excluding hydrogens is 514 g/mol. The maximum Gasteiger partial charge on any atom is 0.416 e. The molecule has 7 nitrogen and oxygen atoms in total. The zero-order chi connectivity index (χ0) is 28.4. The van der Waals surface area contributed by atoms with E-state index in [4.69, 9.17) is 11.2 Å². The Hall–Kier alpha value is -3.55. The third-order valence-corrected chi connectivity index (χ3v) is 6.94. The molecule has 1 aliphatic heterocycles. The monoisotopic (exact) mass is 547 g/mol. The Labute approximate surface area is 225 Å². The number of rotatable bonds is 7. The minimum atomic E-state index is -4.42. The second-order valence-electron chi connectivity index (χ2n) is 11.2. The first-order chi connectivity index (χ1) is 18.3. The van der Waals surface area contributed by atoms with Gasteiger partial charge in [-0.3, -0.25) is 0 Å². The number of carbonyl (C=O) groups is 1. The second kappa shape index (κ2) is 10.9. The van der Waals surface area contributed by atoms with E-state index in [2.05, 4.69) is 21.2 Å². The van der Waals surface area contributed by atoms with E-state index in [0.717, 1.165) is 25.0 Å². The number of amides is 1. The van der Waals surface area contributed by atoms with Crippen molar-refractivity contribution < 1.29 is 27.1 Å². The van der Waals surface area contributed by atoms with Crippen LogP contribution in [0.25, 0.3) is 0 Å². The zero-order valence-electron chi connectivity index (χ0n) is 22.3. The van der Waals surface area contributed by atoms with Crippen molar-refractivity contribution in [1.82, 2.24) is 14.9 Å². The average Bonchev–Trinajstić information content (AvgIpc) is 3.71. The van der Waals surface area contributed by atoms with Crippen molar-refractivity contribution in [2.75, 3.05) is 29.9 Å². The number of likely N-dealkylation sites (tertiary alicyclic amines) is 1. The summed E-state index contributed by atoms with van der Waals surface area (Å²) in [6.07, 6.45) is 5.03. The van der Waals surface area contributed by atoms with Gasteiger partial charge in [-0.1, -0.05) is 18.1 Å². The quantitative estimate of drug-likeness (QED) is 0.346. The highest BCUT2D eigenvalue weighted by Crippen LogP contribution is 2.36. The largest absolute Gasteiger partial charge is 0.444 e. The van der Waals surface area contributed by atoms with Crippen LogP contribution in [0.15, 0.2) is 30.6 Å². The van der Waals surface area contributed by atoms with Gasteiger partial charge in [-0.2, -0.15) is 17.6 Å². The summed E-state index contributed by atoms with van der Waals surface area (Å²) in [5, 5.41) is 3.04. The van der Waals surface area contributed by atoms with Crippen LogP contribution >= 0.6 is 0 Å². The minimum absolute atomic E-state index is 0.00210. The molecule has 39 heavy (non-hydrogen) atoms. The Kier molecular flexibility index (Phi) is 7.96. The highest BCUT2D eigenvalue weighted by atomic mass is 19.4. The fourth-order valence-corrected chi connectivity index (χ4v) is 4.51. The number of ether oxygens (including phenoxy) is 1. The third-order valence-electron chi connectivity index (χ3n) is 6.94. The summed E-state index contributed by atoms with van der Waals surface area (Å²) in [5.41, 5.74) is -1.32. The molecule has 1 aromatic carbocycles. The molecule has 2 aliphatic rings. The summed E-state index contributed by atoms with van der Waals surface area (Å²) in [4.78, 5) is 24.0. The van der Waals surface area contributed by atoms with E-state index < -0.39 is 28.6 Å². The van der Waals surface area contributed by atoms with Crippen LogP contribution in [0.5, 0.6) is 0 Å². The SMILES string of the molecule is C#CC1(CNc2ncnc(N(Cc3ccc(C(F)(F)F)cc3)C3CC3)c2F)CCN(C(=O)OC(C)(C)C)CC1. The lowest BCUT2D eigenvalue weighted by molar-refractivity contribution is -0.137. The van der Waals surface area contributed by atoms with Gasteiger partial charge in [-0.05, 0) is 64.2 Å². The smallest absolute Gasteiger partial charge is 0.416 e. The molecule has 1 aromatic heterocycles. The third kappa shape index (κ3) is 7.11. The molecule has 1 aliphatic carbocycles. The number of hydrogen-bond acceptors (Lipinski definition) is 6. The van der Waals surface area contributed by atoms with Gasteiger partial charge in [0, 0.05) is 32.2 Å². The molecule has 0 radical (unpaired) electrons. The summed E-state index contributed by atoms with van der Waals surface area (Å²) in [5.74, 6) is 2.28. The highest BCUT2D eigenvalue weighted by molar-refractivity contribution is 5.68. The first-order valence-corrected chi connectivity index (χ1v) is 12.9. The Morgan fingerprint density at radius 2 is 1.82 bits per heavy atom. The van der Waals surface area contributed by atoms with Crippen molar-refractivity contribution in [3.05, 3.63) is 47.5 Å². The Balaban J connectivity index is 1.43. The van der Waals surface area contributed by atoms with Gasteiger partial charge in [0.25, 0.3) is 0 Å². The molecule has 4 rings (SSSR count). The van der Waals surface area contributed by atoms with E-state index in [9.17, 15) is 18.0 Å². The number of nitrogens with zero attached hydrogens (tertiary/aromatic N) is 4. The average molecular weight is 548 g/mol.